The van der Waals surface area contributed by atoms with Crippen molar-refractivity contribution in [3.05, 3.63) is 40.1 Å². The van der Waals surface area contributed by atoms with E-state index in [0.29, 0.717) is 5.92 Å². The Morgan fingerprint density at radius 3 is 2.84 bits per heavy atom. The maximum atomic E-state index is 4.46. The fraction of sp³-hybridized carbons (Fsp3) is 0.400. The molecule has 0 aliphatic carbocycles. The molecule has 0 atom stereocenters. The first-order chi connectivity index (χ1) is 9.06. The van der Waals surface area contributed by atoms with Crippen molar-refractivity contribution in [1.82, 2.24) is 15.3 Å². The molecule has 19 heavy (non-hydrogen) atoms. The van der Waals surface area contributed by atoms with E-state index in [1.807, 2.05) is 12.3 Å². The second kappa shape index (κ2) is 6.35. The molecule has 1 aromatic heterocycles. The number of aromatic nitrogens is 2. The summed E-state index contributed by atoms with van der Waals surface area (Å²) in [5, 5.41) is 3.41. The van der Waals surface area contributed by atoms with E-state index >= 15 is 0 Å². The van der Waals surface area contributed by atoms with Crippen molar-refractivity contribution in [2.75, 3.05) is 6.54 Å². The van der Waals surface area contributed by atoms with Gasteiger partial charge in [-0.3, -0.25) is 0 Å². The minimum atomic E-state index is 0.663. The summed E-state index contributed by atoms with van der Waals surface area (Å²) in [6.07, 6.45) is 1.91. The molecule has 2 rings (SSSR count). The average Bonchev–Trinajstić information content (AvgIpc) is 2.77. The Hall–Kier alpha value is -1.13. The van der Waals surface area contributed by atoms with Crippen LogP contribution in [0.3, 0.4) is 0 Å². The summed E-state index contributed by atoms with van der Waals surface area (Å²) < 4.78 is 1.10. The monoisotopic (exact) mass is 321 g/mol. The van der Waals surface area contributed by atoms with E-state index in [-0.39, 0.29) is 0 Å². The van der Waals surface area contributed by atoms with Crippen LogP contribution in [0.5, 0.6) is 0 Å². The lowest BCUT2D eigenvalue weighted by molar-refractivity contribution is 0.549. The van der Waals surface area contributed by atoms with Gasteiger partial charge in [0.2, 0.25) is 0 Å². The van der Waals surface area contributed by atoms with Crippen molar-refractivity contribution in [2.45, 2.75) is 27.3 Å². The Morgan fingerprint density at radius 1 is 1.37 bits per heavy atom. The van der Waals surface area contributed by atoms with E-state index < -0.39 is 0 Å². The fourth-order valence-corrected chi connectivity index (χ4v) is 2.45. The molecule has 0 saturated carbocycles. The lowest BCUT2D eigenvalue weighted by atomic mass is 10.1. The Kier molecular flexibility index (Phi) is 4.77. The molecule has 0 saturated heterocycles. The van der Waals surface area contributed by atoms with Gasteiger partial charge in [-0.05, 0) is 43.1 Å². The predicted molar refractivity (Wildman–Crippen MR) is 83.0 cm³/mol. The Balaban J connectivity index is 2.08. The number of hydrogen-bond acceptors (Lipinski definition) is 2. The SMILES string of the molecule is Cc1cc(Br)ccc1-c1ncc(CNCC(C)C)[nH]1. The van der Waals surface area contributed by atoms with Gasteiger partial charge in [0.05, 0.1) is 0 Å². The highest BCUT2D eigenvalue weighted by Gasteiger charge is 2.06. The van der Waals surface area contributed by atoms with E-state index in [9.17, 15) is 0 Å². The van der Waals surface area contributed by atoms with Crippen LogP contribution in [0.1, 0.15) is 25.1 Å². The zero-order valence-corrected chi connectivity index (χ0v) is 13.2. The van der Waals surface area contributed by atoms with E-state index in [1.165, 1.54) is 5.56 Å². The predicted octanol–water partition coefficient (Wildman–Crippen LogP) is 3.89. The molecule has 0 amide bonds. The second-order valence-electron chi connectivity index (χ2n) is 5.24. The standard InChI is InChI=1S/C15H20BrN3/c1-10(2)7-17-8-13-9-18-15(19-13)14-5-4-12(16)6-11(14)3/h4-6,9-10,17H,7-8H2,1-3H3,(H,18,19). The fourth-order valence-electron chi connectivity index (χ4n) is 1.97. The van der Waals surface area contributed by atoms with E-state index in [4.69, 9.17) is 0 Å². The molecule has 0 spiro atoms. The van der Waals surface area contributed by atoms with Crippen molar-refractivity contribution in [1.29, 1.82) is 0 Å². The molecule has 1 heterocycles. The van der Waals surface area contributed by atoms with Crippen LogP contribution >= 0.6 is 15.9 Å². The number of benzene rings is 1. The summed E-state index contributed by atoms with van der Waals surface area (Å²) in [6, 6.07) is 6.24. The van der Waals surface area contributed by atoms with E-state index in [0.717, 1.165) is 34.6 Å². The topological polar surface area (TPSA) is 40.7 Å². The van der Waals surface area contributed by atoms with E-state index in [2.05, 4.69) is 64.1 Å². The van der Waals surface area contributed by atoms with Crippen LogP contribution in [0, 0.1) is 12.8 Å². The first kappa shape index (κ1) is 14.3. The summed E-state index contributed by atoms with van der Waals surface area (Å²) in [5.41, 5.74) is 3.49. The third kappa shape index (κ3) is 3.91. The third-order valence-corrected chi connectivity index (χ3v) is 3.43. The molecular weight excluding hydrogens is 302 g/mol. The van der Waals surface area contributed by atoms with Crippen LogP contribution in [-0.4, -0.2) is 16.5 Å². The summed E-state index contributed by atoms with van der Waals surface area (Å²) in [6.45, 7) is 8.36. The van der Waals surface area contributed by atoms with Gasteiger partial charge in [0.15, 0.2) is 0 Å². The number of hydrogen-bond donors (Lipinski definition) is 2. The highest BCUT2D eigenvalue weighted by atomic mass is 79.9. The van der Waals surface area contributed by atoms with Gasteiger partial charge in [-0.1, -0.05) is 29.8 Å². The molecule has 0 aliphatic rings. The lowest BCUT2D eigenvalue weighted by Crippen LogP contribution is -2.19. The van der Waals surface area contributed by atoms with Crippen LogP contribution in [-0.2, 0) is 6.54 Å². The van der Waals surface area contributed by atoms with Crippen molar-refractivity contribution in [3.63, 3.8) is 0 Å². The van der Waals surface area contributed by atoms with Crippen molar-refractivity contribution in [2.24, 2.45) is 5.92 Å². The summed E-state index contributed by atoms with van der Waals surface area (Å²) in [7, 11) is 0. The molecule has 0 radical (unpaired) electrons. The van der Waals surface area contributed by atoms with Gasteiger partial charge in [-0.15, -0.1) is 0 Å². The van der Waals surface area contributed by atoms with Gasteiger partial charge in [-0.25, -0.2) is 4.98 Å². The molecule has 0 fully saturated rings. The third-order valence-electron chi connectivity index (χ3n) is 2.94. The zero-order valence-electron chi connectivity index (χ0n) is 11.6. The van der Waals surface area contributed by atoms with Crippen molar-refractivity contribution >= 4 is 15.9 Å². The van der Waals surface area contributed by atoms with E-state index in [1.54, 1.807) is 0 Å². The summed E-state index contributed by atoms with van der Waals surface area (Å²) >= 11 is 3.48. The Bertz CT molecular complexity index is 546. The number of halogens is 1. The first-order valence-corrected chi connectivity index (χ1v) is 7.36. The molecule has 0 aliphatic heterocycles. The average molecular weight is 322 g/mol. The summed E-state index contributed by atoms with van der Waals surface area (Å²) in [5.74, 6) is 1.60. The number of nitrogens with one attached hydrogen (secondary N) is 2. The van der Waals surface area contributed by atoms with Crippen LogP contribution in [0.15, 0.2) is 28.9 Å². The Labute approximate surface area is 123 Å². The van der Waals surface area contributed by atoms with Gasteiger partial charge < -0.3 is 10.3 Å². The van der Waals surface area contributed by atoms with Crippen LogP contribution in [0.25, 0.3) is 11.4 Å². The number of imidazole rings is 1. The minimum Gasteiger partial charge on any atom is -0.341 e. The lowest BCUT2D eigenvalue weighted by Gasteiger charge is -2.05. The van der Waals surface area contributed by atoms with Gasteiger partial charge in [-0.2, -0.15) is 0 Å². The van der Waals surface area contributed by atoms with Crippen LogP contribution in [0.2, 0.25) is 0 Å². The molecule has 3 nitrogen and oxygen atoms in total. The van der Waals surface area contributed by atoms with Crippen molar-refractivity contribution in [3.8, 4) is 11.4 Å². The molecule has 0 bridgehead atoms. The molecular formula is C15H20BrN3. The van der Waals surface area contributed by atoms with Gasteiger partial charge in [0.25, 0.3) is 0 Å². The Morgan fingerprint density at radius 2 is 2.16 bits per heavy atom. The smallest absolute Gasteiger partial charge is 0.137 e. The van der Waals surface area contributed by atoms with Crippen LogP contribution < -0.4 is 5.32 Å². The molecule has 0 unspecified atom stereocenters. The van der Waals surface area contributed by atoms with Crippen LogP contribution in [0.4, 0.5) is 0 Å². The molecule has 2 N–H and O–H groups in total. The second-order valence-corrected chi connectivity index (χ2v) is 6.16. The minimum absolute atomic E-state index is 0.663. The normalized spacial score (nSPS) is 11.2. The number of aromatic amines is 1. The summed E-state index contributed by atoms with van der Waals surface area (Å²) in [4.78, 5) is 7.84. The maximum Gasteiger partial charge on any atom is 0.137 e. The quantitative estimate of drug-likeness (QED) is 0.877. The number of aryl methyl sites for hydroxylation is 1. The largest absolute Gasteiger partial charge is 0.341 e. The number of rotatable bonds is 5. The molecule has 102 valence electrons. The maximum absolute atomic E-state index is 4.46. The number of H-pyrrole nitrogens is 1. The molecule has 1 aromatic carbocycles. The molecule has 2 aromatic rings. The highest BCUT2D eigenvalue weighted by Crippen LogP contribution is 2.23. The van der Waals surface area contributed by atoms with Gasteiger partial charge in [0.1, 0.15) is 5.82 Å². The van der Waals surface area contributed by atoms with Crippen molar-refractivity contribution < 1.29 is 0 Å². The molecule has 4 heteroatoms. The zero-order chi connectivity index (χ0) is 13.8. The first-order valence-electron chi connectivity index (χ1n) is 6.57. The number of nitrogens with zero attached hydrogens (tertiary/aromatic N) is 1. The highest BCUT2D eigenvalue weighted by molar-refractivity contribution is 9.10. The van der Waals surface area contributed by atoms with Gasteiger partial charge in [0, 0.05) is 28.5 Å². The van der Waals surface area contributed by atoms with Gasteiger partial charge >= 0.3 is 0 Å².